The highest BCUT2D eigenvalue weighted by Crippen LogP contribution is 2.26. The maximum Gasteiger partial charge on any atom is 0.0717 e. The van der Waals surface area contributed by atoms with E-state index < -0.39 is 12.2 Å². The van der Waals surface area contributed by atoms with Gasteiger partial charge in [0.05, 0.1) is 25.4 Å². The molecular weight excluding hydrogens is 204 g/mol. The van der Waals surface area contributed by atoms with Crippen molar-refractivity contribution in [1.82, 2.24) is 0 Å². The van der Waals surface area contributed by atoms with Gasteiger partial charge >= 0.3 is 0 Å². The molecular formula is C13H18O3. The molecule has 0 spiro atoms. The highest BCUT2D eigenvalue weighted by Gasteiger charge is 2.33. The molecule has 1 aromatic carbocycles. The topological polar surface area (TPSA) is 49.7 Å². The predicted molar refractivity (Wildman–Crippen MR) is 60.8 cm³/mol. The van der Waals surface area contributed by atoms with Gasteiger partial charge in [-0.25, -0.2) is 0 Å². The molecule has 0 bridgehead atoms. The molecule has 1 fully saturated rings. The minimum absolute atomic E-state index is 0.122. The third-order valence-corrected chi connectivity index (χ3v) is 3.17. The van der Waals surface area contributed by atoms with E-state index in [0.717, 1.165) is 5.56 Å². The first-order chi connectivity index (χ1) is 7.77. The van der Waals surface area contributed by atoms with Crippen LogP contribution in [0, 0.1) is 5.92 Å². The van der Waals surface area contributed by atoms with Crippen molar-refractivity contribution in [1.29, 1.82) is 0 Å². The van der Waals surface area contributed by atoms with E-state index in [1.54, 1.807) is 0 Å². The highest BCUT2D eigenvalue weighted by atomic mass is 16.5. The Labute approximate surface area is 95.7 Å². The average molecular weight is 222 g/mol. The molecule has 0 amide bonds. The minimum Gasteiger partial charge on any atom is -0.393 e. The Morgan fingerprint density at radius 3 is 2.31 bits per heavy atom. The van der Waals surface area contributed by atoms with Crippen molar-refractivity contribution in [2.75, 3.05) is 6.61 Å². The fourth-order valence-electron chi connectivity index (χ4n) is 2.14. The van der Waals surface area contributed by atoms with Crippen LogP contribution < -0.4 is 0 Å². The quantitative estimate of drug-likeness (QED) is 0.808. The van der Waals surface area contributed by atoms with Crippen LogP contribution in [0.2, 0.25) is 0 Å². The van der Waals surface area contributed by atoms with E-state index in [0.29, 0.717) is 26.1 Å². The lowest BCUT2D eigenvalue weighted by Crippen LogP contribution is -2.27. The van der Waals surface area contributed by atoms with Crippen molar-refractivity contribution >= 4 is 0 Å². The van der Waals surface area contributed by atoms with E-state index in [1.165, 1.54) is 0 Å². The molecule has 0 saturated heterocycles. The van der Waals surface area contributed by atoms with Gasteiger partial charge in [0.15, 0.2) is 0 Å². The van der Waals surface area contributed by atoms with Crippen LogP contribution in [0.4, 0.5) is 0 Å². The number of benzene rings is 1. The molecule has 2 rings (SSSR count). The SMILES string of the molecule is O[C@@H]1CC[C@H](O)[C@H]1COCc1ccccc1. The van der Waals surface area contributed by atoms with E-state index in [9.17, 15) is 10.2 Å². The van der Waals surface area contributed by atoms with Crippen LogP contribution >= 0.6 is 0 Å². The van der Waals surface area contributed by atoms with Crippen molar-refractivity contribution < 1.29 is 14.9 Å². The molecule has 0 aromatic heterocycles. The summed E-state index contributed by atoms with van der Waals surface area (Å²) in [7, 11) is 0. The Kier molecular flexibility index (Phi) is 3.93. The van der Waals surface area contributed by atoms with Crippen LogP contribution in [-0.4, -0.2) is 29.0 Å². The van der Waals surface area contributed by atoms with Gasteiger partial charge in [-0.2, -0.15) is 0 Å². The van der Waals surface area contributed by atoms with Crippen molar-refractivity contribution in [3.05, 3.63) is 35.9 Å². The van der Waals surface area contributed by atoms with Crippen LogP contribution in [-0.2, 0) is 11.3 Å². The molecule has 3 heteroatoms. The minimum atomic E-state index is -0.411. The van der Waals surface area contributed by atoms with Crippen LogP contribution in [0.1, 0.15) is 18.4 Å². The summed E-state index contributed by atoms with van der Waals surface area (Å²) in [6, 6.07) is 9.91. The van der Waals surface area contributed by atoms with Gasteiger partial charge in [0, 0.05) is 5.92 Å². The van der Waals surface area contributed by atoms with Gasteiger partial charge in [-0.15, -0.1) is 0 Å². The Balaban J connectivity index is 1.76. The third kappa shape index (κ3) is 2.82. The van der Waals surface area contributed by atoms with Crippen molar-refractivity contribution in [3.63, 3.8) is 0 Å². The molecule has 2 N–H and O–H groups in total. The third-order valence-electron chi connectivity index (χ3n) is 3.17. The summed E-state index contributed by atoms with van der Waals surface area (Å²) in [5.74, 6) is -0.122. The Hall–Kier alpha value is -0.900. The molecule has 0 aliphatic heterocycles. The second-order valence-corrected chi connectivity index (χ2v) is 4.38. The monoisotopic (exact) mass is 222 g/mol. The van der Waals surface area contributed by atoms with Gasteiger partial charge in [-0.3, -0.25) is 0 Å². The molecule has 3 nitrogen and oxygen atoms in total. The molecule has 0 heterocycles. The first-order valence-corrected chi connectivity index (χ1v) is 5.75. The van der Waals surface area contributed by atoms with Crippen LogP contribution in [0.25, 0.3) is 0 Å². The molecule has 1 aliphatic rings. The lowest BCUT2D eigenvalue weighted by atomic mass is 10.1. The number of ether oxygens (including phenoxy) is 1. The smallest absolute Gasteiger partial charge is 0.0717 e. The van der Waals surface area contributed by atoms with Crippen LogP contribution in [0.15, 0.2) is 30.3 Å². The van der Waals surface area contributed by atoms with E-state index in [-0.39, 0.29) is 5.92 Å². The molecule has 1 aromatic rings. The fraction of sp³-hybridized carbons (Fsp3) is 0.538. The first-order valence-electron chi connectivity index (χ1n) is 5.75. The number of hydrogen-bond acceptors (Lipinski definition) is 3. The number of hydrogen-bond donors (Lipinski definition) is 2. The second-order valence-electron chi connectivity index (χ2n) is 4.38. The molecule has 16 heavy (non-hydrogen) atoms. The zero-order valence-electron chi connectivity index (χ0n) is 9.25. The van der Waals surface area contributed by atoms with Gasteiger partial charge in [0.25, 0.3) is 0 Å². The average Bonchev–Trinajstić information content (AvgIpc) is 2.62. The largest absolute Gasteiger partial charge is 0.393 e. The number of rotatable bonds is 4. The van der Waals surface area contributed by atoms with Gasteiger partial charge in [-0.1, -0.05) is 30.3 Å². The maximum absolute atomic E-state index is 9.62. The van der Waals surface area contributed by atoms with E-state index in [1.807, 2.05) is 30.3 Å². The van der Waals surface area contributed by atoms with Crippen LogP contribution in [0.5, 0.6) is 0 Å². The zero-order valence-corrected chi connectivity index (χ0v) is 9.25. The van der Waals surface area contributed by atoms with Crippen molar-refractivity contribution in [3.8, 4) is 0 Å². The van der Waals surface area contributed by atoms with E-state index >= 15 is 0 Å². The van der Waals surface area contributed by atoms with Crippen molar-refractivity contribution in [2.24, 2.45) is 5.92 Å². The second kappa shape index (κ2) is 5.43. The van der Waals surface area contributed by atoms with Crippen molar-refractivity contribution in [2.45, 2.75) is 31.7 Å². The number of aliphatic hydroxyl groups is 2. The molecule has 88 valence electrons. The normalized spacial score (nSPS) is 29.5. The van der Waals surface area contributed by atoms with Gasteiger partial charge < -0.3 is 14.9 Å². The lowest BCUT2D eigenvalue weighted by Gasteiger charge is -2.17. The highest BCUT2D eigenvalue weighted by molar-refractivity contribution is 5.13. The summed E-state index contributed by atoms with van der Waals surface area (Å²) < 4.78 is 5.52. The van der Waals surface area contributed by atoms with Gasteiger partial charge in [-0.05, 0) is 18.4 Å². The van der Waals surface area contributed by atoms with Crippen LogP contribution in [0.3, 0.4) is 0 Å². The summed E-state index contributed by atoms with van der Waals surface area (Å²) in [4.78, 5) is 0. The first kappa shape index (κ1) is 11.6. The maximum atomic E-state index is 9.62. The van der Waals surface area contributed by atoms with Gasteiger partial charge in [0.2, 0.25) is 0 Å². The molecule has 3 atom stereocenters. The predicted octanol–water partition coefficient (Wildman–Crippen LogP) is 1.33. The summed E-state index contributed by atoms with van der Waals surface area (Å²) in [6.07, 6.45) is 0.540. The number of aliphatic hydroxyl groups excluding tert-OH is 2. The molecule has 1 saturated carbocycles. The summed E-state index contributed by atoms with van der Waals surface area (Å²) >= 11 is 0. The Morgan fingerprint density at radius 2 is 1.69 bits per heavy atom. The summed E-state index contributed by atoms with van der Waals surface area (Å²) in [5, 5.41) is 19.2. The molecule has 0 unspecified atom stereocenters. The van der Waals surface area contributed by atoms with E-state index in [4.69, 9.17) is 4.74 Å². The van der Waals surface area contributed by atoms with E-state index in [2.05, 4.69) is 0 Å². The standard InChI is InChI=1S/C13H18O3/c14-12-6-7-13(15)11(12)9-16-8-10-4-2-1-3-5-10/h1-5,11-15H,6-9H2/t11-,12+,13-. The zero-order chi connectivity index (χ0) is 11.4. The fourth-order valence-corrected chi connectivity index (χ4v) is 2.14. The lowest BCUT2D eigenvalue weighted by molar-refractivity contribution is -0.00728. The molecule has 0 radical (unpaired) electrons. The Bertz CT molecular complexity index is 302. The molecule has 1 aliphatic carbocycles. The van der Waals surface area contributed by atoms with Gasteiger partial charge in [0.1, 0.15) is 0 Å². The summed E-state index contributed by atoms with van der Waals surface area (Å²) in [5.41, 5.74) is 1.12. The Morgan fingerprint density at radius 1 is 1.06 bits per heavy atom. The summed E-state index contributed by atoms with van der Waals surface area (Å²) in [6.45, 7) is 0.966.